The van der Waals surface area contributed by atoms with Crippen molar-refractivity contribution in [2.45, 2.75) is 12.5 Å². The topological polar surface area (TPSA) is 52.6 Å². The molecule has 1 saturated heterocycles. The maximum atomic E-state index is 5.83. The first kappa shape index (κ1) is 14.2. The van der Waals surface area contributed by atoms with E-state index in [0.29, 0.717) is 11.8 Å². The van der Waals surface area contributed by atoms with E-state index in [-0.39, 0.29) is 6.10 Å². The fourth-order valence-electron chi connectivity index (χ4n) is 2.35. The molecule has 0 spiro atoms. The number of aromatic nitrogens is 1. The molecule has 0 bridgehead atoms. The van der Waals surface area contributed by atoms with E-state index in [2.05, 4.69) is 10.3 Å². The van der Waals surface area contributed by atoms with Gasteiger partial charge in [0.2, 0.25) is 5.88 Å². The van der Waals surface area contributed by atoms with Crippen molar-refractivity contribution >= 4 is 0 Å². The van der Waals surface area contributed by atoms with Gasteiger partial charge in [-0.05, 0) is 18.1 Å². The summed E-state index contributed by atoms with van der Waals surface area (Å²) in [6.07, 6.45) is 3.06. The molecule has 2 heterocycles. The minimum atomic E-state index is 0.133. The molecule has 0 saturated carbocycles. The number of pyridine rings is 1. The monoisotopic (exact) mass is 266 g/mol. The molecule has 2 atom stereocenters. The standard InChI is InChI=1S/C14H22N2O3/c1-17-8-6-15-9-12-5-7-19-14(12)11-3-4-13(18-2)16-10-11/h3-4,10,12,14-15H,5-9H2,1-2H3. The van der Waals surface area contributed by atoms with Crippen molar-refractivity contribution in [3.05, 3.63) is 23.9 Å². The van der Waals surface area contributed by atoms with Gasteiger partial charge in [0.25, 0.3) is 0 Å². The van der Waals surface area contributed by atoms with Crippen molar-refractivity contribution < 1.29 is 14.2 Å². The Hall–Kier alpha value is -1.17. The number of nitrogens with one attached hydrogen (secondary N) is 1. The molecule has 1 N–H and O–H groups in total. The van der Waals surface area contributed by atoms with Gasteiger partial charge >= 0.3 is 0 Å². The third-order valence-corrected chi connectivity index (χ3v) is 3.40. The highest BCUT2D eigenvalue weighted by Crippen LogP contribution is 2.34. The molecule has 2 unspecified atom stereocenters. The summed E-state index contributed by atoms with van der Waals surface area (Å²) in [7, 11) is 3.34. The molecule has 0 amide bonds. The highest BCUT2D eigenvalue weighted by Gasteiger charge is 2.29. The molecule has 1 aliphatic rings. The van der Waals surface area contributed by atoms with Crippen LogP contribution >= 0.6 is 0 Å². The van der Waals surface area contributed by atoms with Crippen molar-refractivity contribution in [1.82, 2.24) is 10.3 Å². The van der Waals surface area contributed by atoms with Gasteiger partial charge in [0.1, 0.15) is 0 Å². The van der Waals surface area contributed by atoms with Gasteiger partial charge < -0.3 is 19.5 Å². The summed E-state index contributed by atoms with van der Waals surface area (Å²) in [5.74, 6) is 1.13. The van der Waals surface area contributed by atoms with Crippen molar-refractivity contribution in [3.63, 3.8) is 0 Å². The molecule has 106 valence electrons. The summed E-state index contributed by atoms with van der Waals surface area (Å²) >= 11 is 0. The third kappa shape index (κ3) is 3.89. The Kier molecular flexibility index (Phi) is 5.57. The molecule has 5 nitrogen and oxygen atoms in total. The van der Waals surface area contributed by atoms with Crippen LogP contribution in [0.4, 0.5) is 0 Å². The Morgan fingerprint density at radius 2 is 2.32 bits per heavy atom. The molecule has 1 aliphatic heterocycles. The first-order valence-corrected chi connectivity index (χ1v) is 6.66. The van der Waals surface area contributed by atoms with Crippen LogP contribution in [0.3, 0.4) is 0 Å². The van der Waals surface area contributed by atoms with Crippen molar-refractivity contribution in [1.29, 1.82) is 0 Å². The van der Waals surface area contributed by atoms with E-state index in [0.717, 1.165) is 38.3 Å². The van der Waals surface area contributed by atoms with Crippen LogP contribution in [0.15, 0.2) is 18.3 Å². The van der Waals surface area contributed by atoms with Gasteiger partial charge in [-0.1, -0.05) is 0 Å². The molecule has 0 aromatic carbocycles. The maximum Gasteiger partial charge on any atom is 0.212 e. The number of methoxy groups -OCH3 is 2. The summed E-state index contributed by atoms with van der Waals surface area (Å²) in [5.41, 5.74) is 1.12. The lowest BCUT2D eigenvalue weighted by Crippen LogP contribution is -2.27. The molecule has 1 fully saturated rings. The van der Waals surface area contributed by atoms with E-state index < -0.39 is 0 Å². The van der Waals surface area contributed by atoms with Crippen molar-refractivity contribution in [2.24, 2.45) is 5.92 Å². The average Bonchev–Trinajstić information content (AvgIpc) is 2.92. The third-order valence-electron chi connectivity index (χ3n) is 3.40. The second-order valence-corrected chi connectivity index (χ2v) is 4.67. The molecule has 1 aromatic rings. The SMILES string of the molecule is COCCNCC1CCOC1c1ccc(OC)nc1. The van der Waals surface area contributed by atoms with Crippen LogP contribution in [0, 0.1) is 5.92 Å². The summed E-state index contributed by atoms with van der Waals surface area (Å²) in [6.45, 7) is 3.37. The van der Waals surface area contributed by atoms with Gasteiger partial charge in [0.05, 0.1) is 19.8 Å². The normalized spacial score (nSPS) is 22.6. The van der Waals surface area contributed by atoms with Crippen LogP contribution in [-0.2, 0) is 9.47 Å². The van der Waals surface area contributed by atoms with E-state index in [1.54, 1.807) is 14.2 Å². The summed E-state index contributed by atoms with van der Waals surface area (Å²) in [5, 5.41) is 3.40. The van der Waals surface area contributed by atoms with Gasteiger partial charge in [-0.3, -0.25) is 0 Å². The zero-order valence-corrected chi connectivity index (χ0v) is 11.6. The predicted molar refractivity (Wildman–Crippen MR) is 72.3 cm³/mol. The zero-order valence-electron chi connectivity index (χ0n) is 11.6. The molecule has 0 radical (unpaired) electrons. The van der Waals surface area contributed by atoms with E-state index >= 15 is 0 Å². The smallest absolute Gasteiger partial charge is 0.212 e. The first-order chi connectivity index (χ1) is 9.35. The van der Waals surface area contributed by atoms with Gasteiger partial charge in [-0.25, -0.2) is 4.98 Å². The Bertz CT molecular complexity index is 369. The lowest BCUT2D eigenvalue weighted by molar-refractivity contribution is 0.0895. The van der Waals surface area contributed by atoms with E-state index in [1.165, 1.54) is 0 Å². The summed E-state index contributed by atoms with van der Waals surface area (Å²) < 4.78 is 15.9. The van der Waals surface area contributed by atoms with Crippen molar-refractivity contribution in [3.8, 4) is 5.88 Å². The Morgan fingerprint density at radius 1 is 1.42 bits per heavy atom. The van der Waals surface area contributed by atoms with Crippen LogP contribution < -0.4 is 10.1 Å². The fourth-order valence-corrected chi connectivity index (χ4v) is 2.35. The van der Waals surface area contributed by atoms with Crippen molar-refractivity contribution in [2.75, 3.05) is 40.5 Å². The minimum absolute atomic E-state index is 0.133. The van der Waals surface area contributed by atoms with Gasteiger partial charge in [-0.15, -0.1) is 0 Å². The molecular weight excluding hydrogens is 244 g/mol. The number of ether oxygens (including phenoxy) is 3. The molecular formula is C14H22N2O3. The van der Waals surface area contributed by atoms with Crippen LogP contribution in [0.5, 0.6) is 5.88 Å². The number of hydrogen-bond donors (Lipinski definition) is 1. The summed E-state index contributed by atoms with van der Waals surface area (Å²) in [4.78, 5) is 4.24. The summed E-state index contributed by atoms with van der Waals surface area (Å²) in [6, 6.07) is 3.91. The Labute approximate surface area is 114 Å². The van der Waals surface area contributed by atoms with Gasteiger partial charge in [-0.2, -0.15) is 0 Å². The molecule has 2 rings (SSSR count). The fraction of sp³-hybridized carbons (Fsp3) is 0.643. The van der Waals surface area contributed by atoms with Gasteiger partial charge in [0, 0.05) is 45.0 Å². The van der Waals surface area contributed by atoms with Crippen LogP contribution in [0.25, 0.3) is 0 Å². The Balaban J connectivity index is 1.89. The van der Waals surface area contributed by atoms with E-state index in [9.17, 15) is 0 Å². The quantitative estimate of drug-likeness (QED) is 0.756. The Morgan fingerprint density at radius 3 is 3.00 bits per heavy atom. The number of nitrogens with zero attached hydrogens (tertiary/aromatic N) is 1. The van der Waals surface area contributed by atoms with Crippen LogP contribution in [0.1, 0.15) is 18.1 Å². The maximum absolute atomic E-state index is 5.83. The lowest BCUT2D eigenvalue weighted by Gasteiger charge is -2.19. The van der Waals surface area contributed by atoms with Gasteiger partial charge in [0.15, 0.2) is 0 Å². The van der Waals surface area contributed by atoms with Crippen LogP contribution in [-0.4, -0.2) is 45.5 Å². The second-order valence-electron chi connectivity index (χ2n) is 4.67. The number of rotatable bonds is 7. The highest BCUT2D eigenvalue weighted by atomic mass is 16.5. The minimum Gasteiger partial charge on any atom is -0.481 e. The molecule has 19 heavy (non-hydrogen) atoms. The lowest BCUT2D eigenvalue weighted by atomic mass is 9.96. The second kappa shape index (κ2) is 7.43. The van der Waals surface area contributed by atoms with E-state index in [4.69, 9.17) is 14.2 Å². The molecule has 1 aromatic heterocycles. The predicted octanol–water partition coefficient (Wildman–Crippen LogP) is 1.40. The molecule has 0 aliphatic carbocycles. The average molecular weight is 266 g/mol. The van der Waals surface area contributed by atoms with Crippen LogP contribution in [0.2, 0.25) is 0 Å². The first-order valence-electron chi connectivity index (χ1n) is 6.66. The largest absolute Gasteiger partial charge is 0.481 e. The highest BCUT2D eigenvalue weighted by molar-refractivity contribution is 5.21. The zero-order chi connectivity index (χ0) is 13.5. The number of hydrogen-bond acceptors (Lipinski definition) is 5. The molecule has 5 heteroatoms. The van der Waals surface area contributed by atoms with E-state index in [1.807, 2.05) is 18.3 Å².